The molecule has 1 amide bonds. The van der Waals surface area contributed by atoms with E-state index >= 15 is 0 Å². The second-order valence-corrected chi connectivity index (χ2v) is 7.65. The Labute approximate surface area is 181 Å². The first kappa shape index (κ1) is 21.4. The van der Waals surface area contributed by atoms with Crippen molar-refractivity contribution in [3.05, 3.63) is 70.5 Å². The first-order valence-corrected chi connectivity index (χ1v) is 9.79. The summed E-state index contributed by atoms with van der Waals surface area (Å²) in [4.78, 5) is 19.9. The zero-order valence-electron chi connectivity index (χ0n) is 16.7. The van der Waals surface area contributed by atoms with Crippen molar-refractivity contribution in [2.45, 2.75) is 19.9 Å². The molecule has 1 unspecified atom stereocenters. The summed E-state index contributed by atoms with van der Waals surface area (Å²) in [6.45, 7) is 6.15. The van der Waals surface area contributed by atoms with Crippen LogP contribution in [0.2, 0.25) is 5.02 Å². The van der Waals surface area contributed by atoms with Crippen LogP contribution in [0.1, 0.15) is 33.6 Å². The van der Waals surface area contributed by atoms with Crippen LogP contribution < -0.4 is 5.32 Å². The van der Waals surface area contributed by atoms with Crippen molar-refractivity contribution >= 4 is 29.9 Å². The molecule has 3 heterocycles. The molecule has 0 bridgehead atoms. The lowest BCUT2D eigenvalue weighted by atomic mass is 10.1. The van der Waals surface area contributed by atoms with E-state index in [0.29, 0.717) is 18.1 Å². The van der Waals surface area contributed by atoms with E-state index in [1.165, 1.54) is 0 Å². The van der Waals surface area contributed by atoms with Gasteiger partial charge in [-0.15, -0.1) is 12.4 Å². The third kappa shape index (κ3) is 3.92. The van der Waals surface area contributed by atoms with Crippen molar-refractivity contribution in [3.8, 4) is 5.69 Å². The van der Waals surface area contributed by atoms with E-state index in [1.54, 1.807) is 6.20 Å². The number of rotatable bonds is 3. The van der Waals surface area contributed by atoms with Gasteiger partial charge in [0.15, 0.2) is 0 Å². The fourth-order valence-corrected chi connectivity index (χ4v) is 4.12. The Morgan fingerprint density at radius 3 is 2.62 bits per heavy atom. The number of nitrogens with one attached hydrogen (secondary N) is 1. The zero-order valence-corrected chi connectivity index (χ0v) is 18.3. The third-order valence-corrected chi connectivity index (χ3v) is 5.66. The maximum Gasteiger partial charge on any atom is 0.256 e. The summed E-state index contributed by atoms with van der Waals surface area (Å²) in [7, 11) is 1.96. The molecule has 3 aromatic rings. The van der Waals surface area contributed by atoms with E-state index in [0.717, 1.165) is 35.0 Å². The third-order valence-electron chi connectivity index (χ3n) is 5.41. The highest BCUT2D eigenvalue weighted by molar-refractivity contribution is 6.30. The molecule has 1 aromatic carbocycles. The molecule has 4 rings (SSSR count). The molecular weight excluding hydrogens is 409 g/mol. The highest BCUT2D eigenvalue weighted by atomic mass is 35.5. The molecule has 0 radical (unpaired) electrons. The number of aromatic nitrogens is 3. The number of aryl methyl sites for hydroxylation is 2. The van der Waals surface area contributed by atoms with Crippen molar-refractivity contribution in [3.63, 3.8) is 0 Å². The lowest BCUT2D eigenvalue weighted by Gasteiger charge is -2.35. The zero-order chi connectivity index (χ0) is 19.8. The van der Waals surface area contributed by atoms with E-state index in [1.807, 2.05) is 66.9 Å². The Morgan fingerprint density at radius 1 is 1.24 bits per heavy atom. The Hall–Kier alpha value is -2.28. The van der Waals surface area contributed by atoms with E-state index < -0.39 is 0 Å². The molecule has 6 nitrogen and oxygen atoms in total. The minimum Gasteiger partial charge on any atom is -0.336 e. The number of halogens is 2. The topological polar surface area (TPSA) is 55.1 Å². The Morgan fingerprint density at radius 2 is 1.97 bits per heavy atom. The molecule has 2 aromatic heterocycles. The number of nitrogens with zero attached hydrogens (tertiary/aromatic N) is 4. The van der Waals surface area contributed by atoms with Crippen LogP contribution in [0.4, 0.5) is 0 Å². The van der Waals surface area contributed by atoms with Gasteiger partial charge in [0, 0.05) is 61.2 Å². The molecular formula is C21H25Cl2N5O. The number of hydrogen-bond acceptors (Lipinski definition) is 3. The molecule has 0 saturated carbocycles. The minimum atomic E-state index is -0.0835. The van der Waals surface area contributed by atoms with Gasteiger partial charge in [0.1, 0.15) is 11.9 Å². The smallest absolute Gasteiger partial charge is 0.256 e. The van der Waals surface area contributed by atoms with E-state index in [2.05, 4.69) is 14.9 Å². The van der Waals surface area contributed by atoms with Gasteiger partial charge < -0.3 is 19.4 Å². The largest absolute Gasteiger partial charge is 0.336 e. The molecule has 0 spiro atoms. The van der Waals surface area contributed by atoms with E-state index in [4.69, 9.17) is 11.6 Å². The second kappa shape index (κ2) is 8.61. The lowest BCUT2D eigenvalue weighted by molar-refractivity contribution is 0.0620. The standard InChI is InChI=1S/C21H24ClN5O.ClH/c1-14-12-18(15(2)27(14)17-6-4-16(22)5-7-17)21(28)26-11-8-23-13-19(26)20-24-9-10-25(20)3;/h4-7,9-10,12,19,23H,8,11,13H2,1-3H3;1H. The number of imidazole rings is 1. The molecule has 1 atom stereocenters. The summed E-state index contributed by atoms with van der Waals surface area (Å²) in [5, 5.41) is 4.08. The predicted molar refractivity (Wildman–Crippen MR) is 117 cm³/mol. The van der Waals surface area contributed by atoms with Crippen LogP contribution >= 0.6 is 24.0 Å². The summed E-state index contributed by atoms with van der Waals surface area (Å²) < 4.78 is 4.08. The maximum atomic E-state index is 13.5. The number of hydrogen-bond donors (Lipinski definition) is 1. The summed E-state index contributed by atoms with van der Waals surface area (Å²) in [6, 6.07) is 9.56. The van der Waals surface area contributed by atoms with Crippen molar-refractivity contribution in [2.24, 2.45) is 7.05 Å². The van der Waals surface area contributed by atoms with Crippen LogP contribution in [0.25, 0.3) is 5.69 Å². The summed E-state index contributed by atoms with van der Waals surface area (Å²) >= 11 is 6.03. The molecule has 29 heavy (non-hydrogen) atoms. The number of carbonyl (C=O) groups is 1. The van der Waals surface area contributed by atoms with Crippen molar-refractivity contribution in [1.29, 1.82) is 0 Å². The van der Waals surface area contributed by atoms with Gasteiger partial charge in [0.2, 0.25) is 0 Å². The van der Waals surface area contributed by atoms with Crippen LogP contribution in [-0.4, -0.2) is 44.6 Å². The van der Waals surface area contributed by atoms with Crippen LogP contribution in [-0.2, 0) is 7.05 Å². The average molecular weight is 434 g/mol. The van der Waals surface area contributed by atoms with Gasteiger partial charge in [-0.2, -0.15) is 0 Å². The molecule has 0 aliphatic carbocycles. The number of piperazine rings is 1. The Kier molecular flexibility index (Phi) is 6.36. The van der Waals surface area contributed by atoms with Gasteiger partial charge >= 0.3 is 0 Å². The number of amides is 1. The quantitative estimate of drug-likeness (QED) is 0.684. The molecule has 1 aliphatic rings. The number of carbonyl (C=O) groups excluding carboxylic acids is 1. The van der Waals surface area contributed by atoms with Crippen LogP contribution in [0.15, 0.2) is 42.7 Å². The van der Waals surface area contributed by atoms with Gasteiger partial charge in [-0.1, -0.05) is 11.6 Å². The lowest BCUT2D eigenvalue weighted by Crippen LogP contribution is -2.49. The van der Waals surface area contributed by atoms with Gasteiger partial charge in [0.25, 0.3) is 5.91 Å². The fraction of sp³-hybridized carbons (Fsp3) is 0.333. The summed E-state index contributed by atoms with van der Waals surface area (Å²) in [5.41, 5.74) is 3.68. The molecule has 154 valence electrons. The van der Waals surface area contributed by atoms with Gasteiger partial charge in [-0.3, -0.25) is 4.79 Å². The highest BCUT2D eigenvalue weighted by Gasteiger charge is 2.32. The molecule has 1 saturated heterocycles. The first-order valence-electron chi connectivity index (χ1n) is 9.41. The maximum absolute atomic E-state index is 13.5. The monoisotopic (exact) mass is 433 g/mol. The summed E-state index contributed by atoms with van der Waals surface area (Å²) in [5.74, 6) is 0.940. The van der Waals surface area contributed by atoms with E-state index in [-0.39, 0.29) is 24.4 Å². The van der Waals surface area contributed by atoms with Gasteiger partial charge in [-0.25, -0.2) is 4.98 Å². The SMILES string of the molecule is Cc1cc(C(=O)N2CCNCC2c2nccn2C)c(C)n1-c1ccc(Cl)cc1.Cl. The normalized spacial score (nSPS) is 16.6. The second-order valence-electron chi connectivity index (χ2n) is 7.21. The minimum absolute atomic E-state index is 0. The van der Waals surface area contributed by atoms with Crippen LogP contribution in [0, 0.1) is 13.8 Å². The van der Waals surface area contributed by atoms with Crippen molar-refractivity contribution < 1.29 is 4.79 Å². The van der Waals surface area contributed by atoms with Crippen LogP contribution in [0.5, 0.6) is 0 Å². The Bertz CT molecular complexity index is 1010. The fourth-order valence-electron chi connectivity index (χ4n) is 4.00. The van der Waals surface area contributed by atoms with E-state index in [9.17, 15) is 4.79 Å². The summed E-state index contributed by atoms with van der Waals surface area (Å²) in [6.07, 6.45) is 3.69. The molecule has 8 heteroatoms. The van der Waals surface area contributed by atoms with Gasteiger partial charge in [-0.05, 0) is 44.2 Å². The molecule has 1 N–H and O–H groups in total. The predicted octanol–water partition coefficient (Wildman–Crippen LogP) is 3.69. The van der Waals surface area contributed by atoms with Crippen molar-refractivity contribution in [2.75, 3.05) is 19.6 Å². The Balaban J connectivity index is 0.00000240. The average Bonchev–Trinajstić information content (AvgIpc) is 3.25. The molecule has 1 aliphatic heterocycles. The van der Waals surface area contributed by atoms with Crippen molar-refractivity contribution in [1.82, 2.24) is 24.3 Å². The molecule has 1 fully saturated rings. The first-order chi connectivity index (χ1) is 13.5. The highest BCUT2D eigenvalue weighted by Crippen LogP contribution is 2.27. The number of benzene rings is 1. The van der Waals surface area contributed by atoms with Crippen LogP contribution in [0.3, 0.4) is 0 Å². The van der Waals surface area contributed by atoms with Gasteiger partial charge in [0.05, 0.1) is 5.56 Å².